The normalized spacial score (nSPS) is 10.7. The number of ether oxygens (including phenoxy) is 1. The Kier molecular flexibility index (Phi) is 5.95. The Hall–Kier alpha value is -3.75. The van der Waals surface area contributed by atoms with Gasteiger partial charge in [0, 0.05) is 19.8 Å². The van der Waals surface area contributed by atoms with Gasteiger partial charge in [-0.15, -0.1) is 0 Å². The highest BCUT2D eigenvalue weighted by Gasteiger charge is 2.08. The van der Waals surface area contributed by atoms with E-state index >= 15 is 0 Å². The molecule has 0 radical (unpaired) electrons. The third-order valence-electron chi connectivity index (χ3n) is 3.62. The molecule has 0 spiro atoms. The van der Waals surface area contributed by atoms with Crippen molar-refractivity contribution in [2.75, 3.05) is 36.8 Å². The lowest BCUT2D eigenvalue weighted by atomic mass is 10.2. The van der Waals surface area contributed by atoms with Crippen LogP contribution in [0.15, 0.2) is 53.6 Å². The van der Waals surface area contributed by atoms with Crippen molar-refractivity contribution < 1.29 is 9.13 Å². The highest BCUT2D eigenvalue weighted by Crippen LogP contribution is 2.17. The van der Waals surface area contributed by atoms with Gasteiger partial charge in [0.05, 0.1) is 13.3 Å². The monoisotopic (exact) mass is 381 g/mol. The molecule has 0 atom stereocenters. The van der Waals surface area contributed by atoms with Crippen LogP contribution in [0.3, 0.4) is 0 Å². The average Bonchev–Trinajstić information content (AvgIpc) is 2.70. The molecule has 0 aliphatic carbocycles. The molecule has 0 aliphatic rings. The largest absolute Gasteiger partial charge is 0.497 e. The number of nitrogens with zero attached hydrogens (tertiary/aromatic N) is 5. The summed E-state index contributed by atoms with van der Waals surface area (Å²) < 4.78 is 18.2. The third-order valence-corrected chi connectivity index (χ3v) is 3.62. The highest BCUT2D eigenvalue weighted by atomic mass is 19.1. The van der Waals surface area contributed by atoms with Crippen LogP contribution in [-0.4, -0.2) is 42.4 Å². The van der Waals surface area contributed by atoms with Gasteiger partial charge in [0.25, 0.3) is 0 Å². The lowest BCUT2D eigenvalue weighted by Gasteiger charge is -2.13. The molecule has 1 heterocycles. The van der Waals surface area contributed by atoms with E-state index in [-0.39, 0.29) is 11.8 Å². The number of rotatable bonds is 7. The third kappa shape index (κ3) is 5.13. The van der Waals surface area contributed by atoms with Gasteiger partial charge in [0.1, 0.15) is 11.6 Å². The van der Waals surface area contributed by atoms with Crippen molar-refractivity contribution in [3.05, 3.63) is 59.9 Å². The molecule has 0 unspecified atom stereocenters. The fourth-order valence-corrected chi connectivity index (χ4v) is 2.19. The van der Waals surface area contributed by atoms with E-state index in [0.717, 1.165) is 11.3 Å². The van der Waals surface area contributed by atoms with Gasteiger partial charge >= 0.3 is 0 Å². The highest BCUT2D eigenvalue weighted by molar-refractivity contribution is 5.80. The first-order valence-corrected chi connectivity index (χ1v) is 8.42. The maximum Gasteiger partial charge on any atom is 0.250 e. The summed E-state index contributed by atoms with van der Waals surface area (Å²) in [4.78, 5) is 14.7. The summed E-state index contributed by atoms with van der Waals surface area (Å²) in [7, 11) is 5.26. The smallest absolute Gasteiger partial charge is 0.250 e. The summed E-state index contributed by atoms with van der Waals surface area (Å²) in [6.45, 7) is 0. The molecule has 2 N–H and O–H groups in total. The standard InChI is InChI=1S/C19H20FN7O/c1-27(2)19-24-17(22-15-8-6-14(20)7-9-15)23-18(25-19)26-21-12-13-4-10-16(28-3)11-5-13/h4-12H,1-3H3,(H2,22,23,24,25,26)/b21-12+. The maximum atomic E-state index is 13.1. The fourth-order valence-electron chi connectivity index (χ4n) is 2.19. The van der Waals surface area contributed by atoms with E-state index < -0.39 is 0 Å². The van der Waals surface area contributed by atoms with Crippen molar-refractivity contribution in [1.82, 2.24) is 15.0 Å². The number of hydrogen-bond acceptors (Lipinski definition) is 8. The van der Waals surface area contributed by atoms with Crippen molar-refractivity contribution in [1.29, 1.82) is 0 Å². The SMILES string of the molecule is COc1ccc(/C=N/Nc2nc(Nc3ccc(F)cc3)nc(N(C)C)n2)cc1. The van der Waals surface area contributed by atoms with Crippen molar-refractivity contribution in [2.24, 2.45) is 5.10 Å². The van der Waals surface area contributed by atoms with Crippen LogP contribution in [0.25, 0.3) is 0 Å². The van der Waals surface area contributed by atoms with E-state index in [1.54, 1.807) is 30.4 Å². The van der Waals surface area contributed by atoms with E-state index in [1.165, 1.54) is 12.1 Å². The summed E-state index contributed by atoms with van der Waals surface area (Å²) in [5.41, 5.74) is 4.35. The number of hydrazone groups is 1. The van der Waals surface area contributed by atoms with Crippen LogP contribution in [0, 0.1) is 5.82 Å². The molecule has 8 nitrogen and oxygen atoms in total. The molecule has 3 rings (SSSR count). The van der Waals surface area contributed by atoms with Crippen molar-refractivity contribution in [3.63, 3.8) is 0 Å². The molecular formula is C19H20FN7O. The molecule has 9 heteroatoms. The van der Waals surface area contributed by atoms with Gasteiger partial charge in [-0.05, 0) is 54.1 Å². The number of methoxy groups -OCH3 is 1. The van der Waals surface area contributed by atoms with Gasteiger partial charge in [-0.2, -0.15) is 20.1 Å². The van der Waals surface area contributed by atoms with Gasteiger partial charge < -0.3 is 15.0 Å². The van der Waals surface area contributed by atoms with E-state index in [9.17, 15) is 4.39 Å². The van der Waals surface area contributed by atoms with Gasteiger partial charge in [-0.1, -0.05) is 0 Å². The molecule has 0 amide bonds. The summed E-state index contributed by atoms with van der Waals surface area (Å²) in [5.74, 6) is 1.49. The Morgan fingerprint density at radius 2 is 1.64 bits per heavy atom. The molecule has 0 fully saturated rings. The predicted octanol–water partition coefficient (Wildman–Crippen LogP) is 3.27. The molecule has 2 aromatic carbocycles. The zero-order valence-corrected chi connectivity index (χ0v) is 15.7. The molecule has 1 aromatic heterocycles. The van der Waals surface area contributed by atoms with E-state index in [1.807, 2.05) is 38.4 Å². The van der Waals surface area contributed by atoms with Crippen LogP contribution in [0.2, 0.25) is 0 Å². The molecule has 0 aliphatic heterocycles. The molecule has 0 saturated heterocycles. The number of halogens is 1. The minimum Gasteiger partial charge on any atom is -0.497 e. The first-order valence-electron chi connectivity index (χ1n) is 8.42. The second-order valence-corrected chi connectivity index (χ2v) is 5.95. The molecule has 3 aromatic rings. The fraction of sp³-hybridized carbons (Fsp3) is 0.158. The summed E-state index contributed by atoms with van der Waals surface area (Å²) in [6, 6.07) is 13.4. The first-order chi connectivity index (χ1) is 13.5. The quantitative estimate of drug-likeness (QED) is 0.480. The number of hydrogen-bond donors (Lipinski definition) is 2. The van der Waals surface area contributed by atoms with E-state index in [4.69, 9.17) is 4.74 Å². The minimum atomic E-state index is -0.314. The zero-order valence-electron chi connectivity index (χ0n) is 15.7. The van der Waals surface area contributed by atoms with Gasteiger partial charge in [0.15, 0.2) is 0 Å². The Bertz CT molecular complexity index is 944. The van der Waals surface area contributed by atoms with Crippen molar-refractivity contribution >= 4 is 29.7 Å². The molecule has 0 saturated carbocycles. The number of aromatic nitrogens is 3. The Morgan fingerprint density at radius 3 is 2.29 bits per heavy atom. The second kappa shape index (κ2) is 8.76. The Balaban J connectivity index is 1.76. The maximum absolute atomic E-state index is 13.1. The van der Waals surface area contributed by atoms with Crippen LogP contribution in [0.1, 0.15) is 5.56 Å². The number of benzene rings is 2. The molecule has 0 bridgehead atoms. The van der Waals surface area contributed by atoms with Crippen LogP contribution < -0.4 is 20.4 Å². The van der Waals surface area contributed by atoms with Gasteiger partial charge in [-0.3, -0.25) is 0 Å². The van der Waals surface area contributed by atoms with E-state index in [2.05, 4.69) is 30.8 Å². The summed E-state index contributed by atoms with van der Waals surface area (Å²) in [5, 5.41) is 7.19. The van der Waals surface area contributed by atoms with Crippen molar-refractivity contribution in [2.45, 2.75) is 0 Å². The lowest BCUT2D eigenvalue weighted by Crippen LogP contribution is -2.15. The average molecular weight is 381 g/mol. The topological polar surface area (TPSA) is 87.6 Å². The molecule has 144 valence electrons. The number of nitrogens with one attached hydrogen (secondary N) is 2. The van der Waals surface area contributed by atoms with Gasteiger partial charge in [-0.25, -0.2) is 9.82 Å². The lowest BCUT2D eigenvalue weighted by molar-refractivity contribution is 0.415. The van der Waals surface area contributed by atoms with E-state index in [0.29, 0.717) is 17.6 Å². The Labute approximate surface area is 162 Å². The minimum absolute atomic E-state index is 0.271. The van der Waals surface area contributed by atoms with Gasteiger partial charge in [0.2, 0.25) is 17.8 Å². The number of anilines is 4. The van der Waals surface area contributed by atoms with Crippen LogP contribution in [0.4, 0.5) is 27.9 Å². The summed E-state index contributed by atoms with van der Waals surface area (Å²) >= 11 is 0. The first kappa shape index (κ1) is 19.0. The molecule has 28 heavy (non-hydrogen) atoms. The predicted molar refractivity (Wildman–Crippen MR) is 108 cm³/mol. The Morgan fingerprint density at radius 1 is 0.964 bits per heavy atom. The van der Waals surface area contributed by atoms with Crippen LogP contribution in [0.5, 0.6) is 5.75 Å². The zero-order chi connectivity index (χ0) is 19.9. The molecular weight excluding hydrogens is 361 g/mol. The van der Waals surface area contributed by atoms with Crippen LogP contribution >= 0.6 is 0 Å². The van der Waals surface area contributed by atoms with Crippen molar-refractivity contribution in [3.8, 4) is 5.75 Å². The van der Waals surface area contributed by atoms with Crippen LogP contribution in [-0.2, 0) is 0 Å². The summed E-state index contributed by atoms with van der Waals surface area (Å²) in [6.07, 6.45) is 1.64. The second-order valence-electron chi connectivity index (χ2n) is 5.95.